The highest BCUT2D eigenvalue weighted by molar-refractivity contribution is 6.35. The average molecular weight is 407 g/mol. The third-order valence-corrected chi connectivity index (χ3v) is 4.02. The molecule has 2 rings (SSSR count). The van der Waals surface area contributed by atoms with E-state index in [2.05, 4.69) is 5.32 Å². The molecule has 0 aliphatic heterocycles. The van der Waals surface area contributed by atoms with Gasteiger partial charge in [0.2, 0.25) is 5.91 Å². The summed E-state index contributed by atoms with van der Waals surface area (Å²) >= 11 is 11.8. The number of anilines is 1. The molecule has 0 unspecified atom stereocenters. The molecule has 0 saturated heterocycles. The van der Waals surface area contributed by atoms with Crippen LogP contribution in [0.3, 0.4) is 0 Å². The number of carbonyl (C=O) groups is 3. The highest BCUT2D eigenvalue weighted by Crippen LogP contribution is 2.22. The molecule has 0 aliphatic carbocycles. The number of halogens is 2. The Morgan fingerprint density at radius 1 is 1.11 bits per heavy atom. The third kappa shape index (κ3) is 6.13. The van der Waals surface area contributed by atoms with Crippen LogP contribution in [0.1, 0.15) is 22.8 Å². The molecule has 3 N–H and O–H groups in total. The van der Waals surface area contributed by atoms with E-state index in [-0.39, 0.29) is 0 Å². The molecule has 0 spiro atoms. The lowest BCUT2D eigenvalue weighted by atomic mass is 10.2. The van der Waals surface area contributed by atoms with Gasteiger partial charge in [0.25, 0.3) is 5.91 Å². The number of hydrogen-bond acceptors (Lipinski definition) is 4. The Kier molecular flexibility index (Phi) is 6.98. The van der Waals surface area contributed by atoms with Crippen molar-refractivity contribution in [3.05, 3.63) is 69.7 Å². The molecule has 8 heteroatoms. The first-order valence-corrected chi connectivity index (χ1v) is 8.56. The first-order valence-electron chi connectivity index (χ1n) is 7.80. The van der Waals surface area contributed by atoms with Crippen LogP contribution in [-0.2, 0) is 14.3 Å². The fourth-order valence-corrected chi connectivity index (χ4v) is 2.49. The molecule has 6 nitrogen and oxygen atoms in total. The van der Waals surface area contributed by atoms with Crippen LogP contribution >= 0.6 is 23.2 Å². The quantitative estimate of drug-likeness (QED) is 0.564. The van der Waals surface area contributed by atoms with E-state index in [9.17, 15) is 14.4 Å². The Hall–Kier alpha value is -2.83. The van der Waals surface area contributed by atoms with Gasteiger partial charge in [-0.3, -0.25) is 9.59 Å². The zero-order valence-electron chi connectivity index (χ0n) is 14.2. The SMILES string of the molecule is C[C@H](OC(=O)/C=C/c1ccc(Cl)cc1Cl)C(=O)Nc1ccc(C(N)=O)cc1. The minimum Gasteiger partial charge on any atom is -0.449 e. The van der Waals surface area contributed by atoms with Gasteiger partial charge < -0.3 is 15.8 Å². The number of rotatable bonds is 6. The smallest absolute Gasteiger partial charge is 0.331 e. The van der Waals surface area contributed by atoms with Gasteiger partial charge in [-0.25, -0.2) is 4.79 Å². The van der Waals surface area contributed by atoms with Crippen LogP contribution in [0.4, 0.5) is 5.69 Å². The van der Waals surface area contributed by atoms with Crippen molar-refractivity contribution < 1.29 is 19.1 Å². The summed E-state index contributed by atoms with van der Waals surface area (Å²) in [6.07, 6.45) is 1.60. The zero-order chi connectivity index (χ0) is 20.0. The van der Waals surface area contributed by atoms with Crippen molar-refractivity contribution in [1.29, 1.82) is 0 Å². The summed E-state index contributed by atoms with van der Waals surface area (Å²) in [6, 6.07) is 10.8. The Bertz CT molecular complexity index is 895. The molecule has 2 aromatic rings. The number of ether oxygens (including phenoxy) is 1. The first kappa shape index (κ1) is 20.5. The summed E-state index contributed by atoms with van der Waals surface area (Å²) in [6.45, 7) is 1.44. The van der Waals surface area contributed by atoms with Crippen molar-refractivity contribution in [3.8, 4) is 0 Å². The molecular weight excluding hydrogens is 391 g/mol. The molecule has 1 atom stereocenters. The summed E-state index contributed by atoms with van der Waals surface area (Å²) in [4.78, 5) is 35.0. The van der Waals surface area contributed by atoms with E-state index >= 15 is 0 Å². The predicted octanol–water partition coefficient (Wildman–Crippen LogP) is 3.68. The summed E-state index contributed by atoms with van der Waals surface area (Å²) in [5, 5.41) is 3.44. The van der Waals surface area contributed by atoms with Gasteiger partial charge >= 0.3 is 5.97 Å². The van der Waals surface area contributed by atoms with Crippen LogP contribution in [-0.4, -0.2) is 23.9 Å². The topological polar surface area (TPSA) is 98.5 Å². The number of carbonyl (C=O) groups excluding carboxylic acids is 3. The maximum absolute atomic E-state index is 12.1. The molecule has 140 valence electrons. The molecule has 0 aliphatic rings. The lowest BCUT2D eigenvalue weighted by Gasteiger charge is -2.12. The molecule has 2 aromatic carbocycles. The average Bonchev–Trinajstić information content (AvgIpc) is 2.61. The van der Waals surface area contributed by atoms with Crippen molar-refractivity contribution in [3.63, 3.8) is 0 Å². The fourth-order valence-electron chi connectivity index (χ4n) is 2.02. The van der Waals surface area contributed by atoms with Crippen molar-refractivity contribution in [2.24, 2.45) is 5.73 Å². The van der Waals surface area contributed by atoms with Crippen molar-refractivity contribution >= 4 is 52.7 Å². The molecule has 0 bridgehead atoms. The minimum absolute atomic E-state index is 0.318. The van der Waals surface area contributed by atoms with E-state index in [1.165, 1.54) is 43.3 Å². The van der Waals surface area contributed by atoms with Crippen LogP contribution in [0.25, 0.3) is 6.08 Å². The van der Waals surface area contributed by atoms with Gasteiger partial charge in [0.05, 0.1) is 0 Å². The number of benzene rings is 2. The normalized spacial score (nSPS) is 11.8. The molecule has 0 fully saturated rings. The lowest BCUT2D eigenvalue weighted by Crippen LogP contribution is -2.29. The molecule has 27 heavy (non-hydrogen) atoms. The van der Waals surface area contributed by atoms with Gasteiger partial charge in [-0.15, -0.1) is 0 Å². The number of esters is 1. The second kappa shape index (κ2) is 9.21. The zero-order valence-corrected chi connectivity index (χ0v) is 15.8. The minimum atomic E-state index is -1.03. The van der Waals surface area contributed by atoms with Crippen LogP contribution in [0.15, 0.2) is 48.5 Å². The molecule has 2 amide bonds. The van der Waals surface area contributed by atoms with Crippen LogP contribution < -0.4 is 11.1 Å². The third-order valence-electron chi connectivity index (χ3n) is 3.46. The lowest BCUT2D eigenvalue weighted by molar-refractivity contribution is -0.148. The molecule has 0 heterocycles. The van der Waals surface area contributed by atoms with Crippen molar-refractivity contribution in [1.82, 2.24) is 0 Å². The molecule has 0 radical (unpaired) electrons. The Balaban J connectivity index is 1.92. The first-order chi connectivity index (χ1) is 12.8. The Labute approximate surface area is 165 Å². The van der Waals surface area contributed by atoms with E-state index < -0.39 is 23.9 Å². The highest BCUT2D eigenvalue weighted by Gasteiger charge is 2.17. The molecule has 0 saturated carbocycles. The number of amides is 2. The van der Waals surface area contributed by atoms with Gasteiger partial charge in [-0.1, -0.05) is 29.3 Å². The van der Waals surface area contributed by atoms with Gasteiger partial charge in [-0.2, -0.15) is 0 Å². The number of nitrogens with one attached hydrogen (secondary N) is 1. The summed E-state index contributed by atoms with van der Waals surface area (Å²) in [5.74, 6) is -1.79. The largest absolute Gasteiger partial charge is 0.449 e. The number of nitrogens with two attached hydrogens (primary N) is 1. The van der Waals surface area contributed by atoms with Gasteiger partial charge in [0, 0.05) is 27.4 Å². The maximum atomic E-state index is 12.1. The van der Waals surface area contributed by atoms with E-state index in [0.717, 1.165) is 0 Å². The summed E-state index contributed by atoms with van der Waals surface area (Å²) < 4.78 is 5.05. The van der Waals surface area contributed by atoms with Crippen LogP contribution in [0.5, 0.6) is 0 Å². The summed E-state index contributed by atoms with van der Waals surface area (Å²) in [5.41, 5.74) is 6.50. The van der Waals surface area contributed by atoms with Gasteiger partial charge in [-0.05, 0) is 55.0 Å². The monoisotopic (exact) mass is 406 g/mol. The fraction of sp³-hybridized carbons (Fsp3) is 0.105. The van der Waals surface area contributed by atoms with Crippen LogP contribution in [0.2, 0.25) is 10.0 Å². The standard InChI is InChI=1S/C19H16Cl2N2O4/c1-11(19(26)23-15-7-3-13(4-8-15)18(22)25)27-17(24)9-5-12-2-6-14(20)10-16(12)21/h2-11H,1H3,(H2,22,25)(H,23,26)/b9-5+/t11-/m0/s1. The predicted molar refractivity (Wildman–Crippen MR) is 105 cm³/mol. The Morgan fingerprint density at radius 2 is 1.78 bits per heavy atom. The molecule has 0 aromatic heterocycles. The second-order valence-corrected chi connectivity index (χ2v) is 6.35. The van der Waals surface area contributed by atoms with Crippen molar-refractivity contribution in [2.45, 2.75) is 13.0 Å². The van der Waals surface area contributed by atoms with E-state index in [1.54, 1.807) is 18.2 Å². The summed E-state index contributed by atoms with van der Waals surface area (Å²) in [7, 11) is 0. The second-order valence-electron chi connectivity index (χ2n) is 5.51. The van der Waals surface area contributed by atoms with E-state index in [0.29, 0.717) is 26.9 Å². The van der Waals surface area contributed by atoms with Crippen LogP contribution in [0, 0.1) is 0 Å². The Morgan fingerprint density at radius 3 is 2.37 bits per heavy atom. The highest BCUT2D eigenvalue weighted by atomic mass is 35.5. The van der Waals surface area contributed by atoms with E-state index in [1.807, 2.05) is 0 Å². The maximum Gasteiger partial charge on any atom is 0.331 e. The van der Waals surface area contributed by atoms with E-state index in [4.69, 9.17) is 33.7 Å². The molecular formula is C19H16Cl2N2O4. The number of hydrogen-bond donors (Lipinski definition) is 2. The number of primary amides is 1. The van der Waals surface area contributed by atoms with Gasteiger partial charge in [0.1, 0.15) is 0 Å². The van der Waals surface area contributed by atoms with Crippen molar-refractivity contribution in [2.75, 3.05) is 5.32 Å². The van der Waals surface area contributed by atoms with Gasteiger partial charge in [0.15, 0.2) is 6.10 Å².